The van der Waals surface area contributed by atoms with Crippen LogP contribution in [0.25, 0.3) is 5.76 Å². The lowest BCUT2D eigenvalue weighted by Crippen LogP contribution is -2.50. The number of ether oxygens (including phenoxy) is 1. The van der Waals surface area contributed by atoms with Crippen molar-refractivity contribution >= 4 is 58.2 Å². The predicted octanol–water partition coefficient (Wildman–Crippen LogP) is 4.87. The van der Waals surface area contributed by atoms with Gasteiger partial charge in [-0.15, -0.1) is 11.8 Å². The summed E-state index contributed by atoms with van der Waals surface area (Å²) in [6.45, 7) is 1.06. The first-order valence-electron chi connectivity index (χ1n) is 9.87. The number of fused-ring (bicyclic) bond motifs is 2. The molecule has 0 saturated carbocycles. The molecule has 2 aromatic rings. The molecule has 0 atom stereocenters. The Morgan fingerprint density at radius 1 is 0.968 bits per heavy atom. The molecule has 2 heterocycles. The largest absolute Gasteiger partial charge is 0.484 e. The molecule has 2 aliphatic heterocycles. The SMILES string of the molecule is O=C1C(=O)c2ccc(Cl)cc2C2=C1SCC1(CCN(C(=O)c3cccc(Cl)c3)CC1)O2. The lowest BCUT2D eigenvalue weighted by atomic mass is 9.89. The lowest BCUT2D eigenvalue weighted by Gasteiger charge is -2.45. The van der Waals surface area contributed by atoms with E-state index in [0.717, 1.165) is 0 Å². The molecule has 1 fully saturated rings. The maximum atomic E-state index is 12.8. The Morgan fingerprint density at radius 2 is 1.71 bits per heavy atom. The van der Waals surface area contributed by atoms with Crippen molar-refractivity contribution < 1.29 is 19.1 Å². The average Bonchev–Trinajstić information content (AvgIpc) is 2.77. The fourth-order valence-corrected chi connectivity index (χ4v) is 5.83. The first kappa shape index (κ1) is 20.6. The molecule has 2 aromatic carbocycles. The van der Waals surface area contributed by atoms with Crippen LogP contribution in [0.1, 0.15) is 39.1 Å². The number of hydrogen-bond acceptors (Lipinski definition) is 5. The van der Waals surface area contributed by atoms with Crippen molar-refractivity contribution in [3.05, 3.63) is 74.1 Å². The van der Waals surface area contributed by atoms with Gasteiger partial charge in [0.25, 0.3) is 5.91 Å². The Morgan fingerprint density at radius 3 is 2.45 bits per heavy atom. The topological polar surface area (TPSA) is 63.7 Å². The molecule has 31 heavy (non-hydrogen) atoms. The van der Waals surface area contributed by atoms with Gasteiger partial charge in [-0.3, -0.25) is 14.4 Å². The van der Waals surface area contributed by atoms with Crippen LogP contribution < -0.4 is 0 Å². The van der Waals surface area contributed by atoms with Crippen molar-refractivity contribution in [2.75, 3.05) is 18.8 Å². The summed E-state index contributed by atoms with van der Waals surface area (Å²) in [4.78, 5) is 40.1. The summed E-state index contributed by atoms with van der Waals surface area (Å²) >= 11 is 13.5. The molecule has 1 spiro atoms. The fourth-order valence-electron chi connectivity index (χ4n) is 4.20. The van der Waals surface area contributed by atoms with Gasteiger partial charge in [-0.2, -0.15) is 0 Å². The van der Waals surface area contributed by atoms with Crippen LogP contribution in [0.4, 0.5) is 0 Å². The van der Waals surface area contributed by atoms with Crippen molar-refractivity contribution in [2.24, 2.45) is 0 Å². The van der Waals surface area contributed by atoms with Crippen molar-refractivity contribution in [1.82, 2.24) is 4.90 Å². The number of carbonyl (C=O) groups excluding carboxylic acids is 3. The summed E-state index contributed by atoms with van der Waals surface area (Å²) in [6.07, 6.45) is 1.25. The molecule has 5 rings (SSSR count). The van der Waals surface area contributed by atoms with Gasteiger partial charge < -0.3 is 9.64 Å². The number of rotatable bonds is 1. The maximum Gasteiger partial charge on any atom is 0.253 e. The second kappa shape index (κ2) is 7.69. The van der Waals surface area contributed by atoms with E-state index >= 15 is 0 Å². The zero-order valence-corrected chi connectivity index (χ0v) is 18.6. The summed E-state index contributed by atoms with van der Waals surface area (Å²) in [5.74, 6) is -0.123. The monoisotopic (exact) mass is 473 g/mol. The smallest absolute Gasteiger partial charge is 0.253 e. The highest BCUT2D eigenvalue weighted by molar-refractivity contribution is 8.04. The van der Waals surface area contributed by atoms with Gasteiger partial charge in [-0.1, -0.05) is 29.3 Å². The quantitative estimate of drug-likeness (QED) is 0.553. The Hall–Kier alpha value is -2.28. The summed E-state index contributed by atoms with van der Waals surface area (Å²) < 4.78 is 6.44. The Bertz CT molecular complexity index is 1170. The highest BCUT2D eigenvalue weighted by Crippen LogP contribution is 2.47. The molecule has 8 heteroatoms. The zero-order chi connectivity index (χ0) is 21.8. The van der Waals surface area contributed by atoms with Crippen LogP contribution in [0.15, 0.2) is 47.4 Å². The number of amides is 1. The van der Waals surface area contributed by atoms with E-state index in [1.54, 1.807) is 47.4 Å². The first-order chi connectivity index (χ1) is 14.9. The van der Waals surface area contributed by atoms with Gasteiger partial charge in [-0.05, 0) is 36.4 Å². The van der Waals surface area contributed by atoms with Crippen LogP contribution in [0.5, 0.6) is 0 Å². The number of allylic oxidation sites excluding steroid dienone is 1. The average molecular weight is 474 g/mol. The van der Waals surface area contributed by atoms with Crippen molar-refractivity contribution in [2.45, 2.75) is 18.4 Å². The second-order valence-electron chi connectivity index (χ2n) is 7.88. The van der Waals surface area contributed by atoms with E-state index in [4.69, 9.17) is 27.9 Å². The third-order valence-corrected chi connectivity index (χ3v) is 7.72. The van der Waals surface area contributed by atoms with Crippen molar-refractivity contribution in [1.29, 1.82) is 0 Å². The summed E-state index contributed by atoms with van der Waals surface area (Å²) in [5.41, 5.74) is 0.942. The molecule has 5 nitrogen and oxygen atoms in total. The summed E-state index contributed by atoms with van der Waals surface area (Å²) in [7, 11) is 0. The number of halogens is 2. The van der Waals surface area contributed by atoms with Crippen LogP contribution >= 0.6 is 35.0 Å². The molecule has 1 amide bonds. The molecule has 0 radical (unpaired) electrons. The molecule has 158 valence electrons. The standard InChI is InChI=1S/C23H17Cl2NO4S/c24-14-3-1-2-13(10-14)22(29)26-8-6-23(7-9-26)12-31-21-19(28)18(27)16-5-4-15(25)11-17(16)20(21)30-23/h1-5,10-11H,6-9,12H2. The third-order valence-electron chi connectivity index (χ3n) is 5.92. The number of benzene rings is 2. The van der Waals surface area contributed by atoms with Gasteiger partial charge in [-0.25, -0.2) is 0 Å². The minimum atomic E-state index is -0.529. The number of thioether (sulfide) groups is 1. The van der Waals surface area contributed by atoms with E-state index in [1.807, 2.05) is 0 Å². The minimum Gasteiger partial charge on any atom is -0.484 e. The highest BCUT2D eigenvalue weighted by atomic mass is 35.5. The van der Waals surface area contributed by atoms with E-state index in [2.05, 4.69) is 0 Å². The van der Waals surface area contributed by atoms with Crippen LogP contribution in [0.3, 0.4) is 0 Å². The van der Waals surface area contributed by atoms with Crippen molar-refractivity contribution in [3.63, 3.8) is 0 Å². The molecular formula is C23H17Cl2NO4S. The van der Waals surface area contributed by atoms with Crippen LogP contribution in [0, 0.1) is 0 Å². The molecule has 0 bridgehead atoms. The number of Topliss-reactive ketones (excluding diaryl/α,β-unsaturated/α-hetero) is 2. The van der Waals surface area contributed by atoms with E-state index in [0.29, 0.717) is 69.1 Å². The molecule has 0 aromatic heterocycles. The normalized spacial score (nSPS) is 19.7. The molecule has 1 aliphatic carbocycles. The summed E-state index contributed by atoms with van der Waals surface area (Å²) in [5, 5.41) is 1.00. The number of carbonyl (C=O) groups is 3. The zero-order valence-electron chi connectivity index (χ0n) is 16.3. The van der Waals surface area contributed by atoms with Crippen LogP contribution in [-0.4, -0.2) is 46.8 Å². The second-order valence-corrected chi connectivity index (χ2v) is 9.74. The Labute approximate surface area is 193 Å². The highest BCUT2D eigenvalue weighted by Gasteiger charge is 2.46. The van der Waals surface area contributed by atoms with E-state index in [-0.39, 0.29) is 5.91 Å². The molecule has 0 N–H and O–H groups in total. The van der Waals surface area contributed by atoms with Gasteiger partial charge in [0, 0.05) is 58.4 Å². The predicted molar refractivity (Wildman–Crippen MR) is 121 cm³/mol. The van der Waals surface area contributed by atoms with Crippen LogP contribution in [-0.2, 0) is 9.53 Å². The maximum absolute atomic E-state index is 12.8. The number of piperidine rings is 1. The molecule has 1 saturated heterocycles. The molecular weight excluding hydrogens is 457 g/mol. The minimum absolute atomic E-state index is 0.0590. The lowest BCUT2D eigenvalue weighted by molar-refractivity contribution is -0.111. The molecule has 3 aliphatic rings. The number of ketones is 2. The van der Waals surface area contributed by atoms with Gasteiger partial charge in [0.2, 0.25) is 11.6 Å². The number of nitrogens with zero attached hydrogens (tertiary/aromatic N) is 1. The Balaban J connectivity index is 1.38. The van der Waals surface area contributed by atoms with E-state index in [1.165, 1.54) is 11.8 Å². The van der Waals surface area contributed by atoms with Crippen molar-refractivity contribution in [3.8, 4) is 0 Å². The fraction of sp³-hybridized carbons (Fsp3) is 0.261. The van der Waals surface area contributed by atoms with Gasteiger partial charge >= 0.3 is 0 Å². The van der Waals surface area contributed by atoms with Gasteiger partial charge in [0.1, 0.15) is 16.3 Å². The first-order valence-corrected chi connectivity index (χ1v) is 11.6. The van der Waals surface area contributed by atoms with E-state index < -0.39 is 17.2 Å². The molecule has 0 unspecified atom stereocenters. The van der Waals surface area contributed by atoms with E-state index in [9.17, 15) is 14.4 Å². The third kappa shape index (κ3) is 3.56. The van der Waals surface area contributed by atoms with Gasteiger partial charge in [0.15, 0.2) is 0 Å². The number of likely N-dealkylation sites (tertiary alicyclic amines) is 1. The van der Waals surface area contributed by atoms with Gasteiger partial charge in [0.05, 0.1) is 0 Å². The number of hydrogen-bond donors (Lipinski definition) is 0. The van der Waals surface area contributed by atoms with Crippen LogP contribution in [0.2, 0.25) is 10.0 Å². The summed E-state index contributed by atoms with van der Waals surface area (Å²) in [6, 6.07) is 11.8. The Kier molecular flexibility index (Phi) is 5.12.